The van der Waals surface area contributed by atoms with E-state index in [1.165, 1.54) is 0 Å². The largest absolute Gasteiger partial charge is 0.434 e. The van der Waals surface area contributed by atoms with E-state index in [1.54, 1.807) is 35.2 Å². The molecule has 2 aromatic rings. The lowest BCUT2D eigenvalue weighted by atomic mass is 10.2. The van der Waals surface area contributed by atoms with Crippen LogP contribution in [0.3, 0.4) is 0 Å². The van der Waals surface area contributed by atoms with Crippen LogP contribution in [0.4, 0.5) is 0 Å². The monoisotopic (exact) mass is 293 g/mol. The van der Waals surface area contributed by atoms with Crippen molar-refractivity contribution in [1.82, 2.24) is 9.55 Å². The van der Waals surface area contributed by atoms with Crippen LogP contribution in [-0.4, -0.2) is 9.55 Å². The lowest BCUT2D eigenvalue weighted by Crippen LogP contribution is -2.21. The molecule has 0 spiro atoms. The molecule has 0 saturated carbocycles. The van der Waals surface area contributed by atoms with E-state index in [0.29, 0.717) is 22.9 Å². The van der Waals surface area contributed by atoms with Gasteiger partial charge in [0.1, 0.15) is 5.75 Å². The number of nitrogens with two attached hydrogens (primary N) is 1. The molecule has 6 heteroatoms. The van der Waals surface area contributed by atoms with Crippen LogP contribution in [-0.2, 0) is 13.1 Å². The number of nitrogens with zero attached hydrogens (tertiary/aromatic N) is 2. The van der Waals surface area contributed by atoms with Crippen LogP contribution in [0.25, 0.3) is 0 Å². The van der Waals surface area contributed by atoms with Crippen molar-refractivity contribution >= 4 is 11.6 Å². The van der Waals surface area contributed by atoms with Crippen molar-refractivity contribution < 1.29 is 4.74 Å². The second-order valence-corrected chi connectivity index (χ2v) is 4.66. The average molecular weight is 294 g/mol. The summed E-state index contributed by atoms with van der Waals surface area (Å²) >= 11 is 6.05. The molecule has 0 amide bonds. The predicted molar refractivity (Wildman–Crippen MR) is 78.2 cm³/mol. The van der Waals surface area contributed by atoms with Gasteiger partial charge in [-0.1, -0.05) is 24.6 Å². The third kappa shape index (κ3) is 3.00. The quantitative estimate of drug-likeness (QED) is 0.920. The van der Waals surface area contributed by atoms with Crippen LogP contribution in [0.15, 0.2) is 35.4 Å². The zero-order valence-electron chi connectivity index (χ0n) is 11.2. The summed E-state index contributed by atoms with van der Waals surface area (Å²) in [4.78, 5) is 16.1. The third-order valence-corrected chi connectivity index (χ3v) is 3.19. The van der Waals surface area contributed by atoms with E-state index in [-0.39, 0.29) is 18.0 Å². The van der Waals surface area contributed by atoms with Crippen molar-refractivity contribution in [2.24, 2.45) is 5.73 Å². The van der Waals surface area contributed by atoms with E-state index in [0.717, 1.165) is 6.42 Å². The molecule has 0 saturated heterocycles. The molecule has 0 fully saturated rings. The summed E-state index contributed by atoms with van der Waals surface area (Å²) in [6.07, 6.45) is 4.04. The number of aryl methyl sites for hydroxylation is 1. The predicted octanol–water partition coefficient (Wildman–Crippen LogP) is 2.56. The minimum Gasteiger partial charge on any atom is -0.434 e. The molecular formula is C14H16ClN3O2. The molecule has 0 aliphatic rings. The fourth-order valence-electron chi connectivity index (χ4n) is 1.85. The number of benzene rings is 1. The summed E-state index contributed by atoms with van der Waals surface area (Å²) in [7, 11) is 0. The Morgan fingerprint density at radius 3 is 2.95 bits per heavy atom. The first-order valence-corrected chi connectivity index (χ1v) is 6.76. The zero-order valence-corrected chi connectivity index (χ0v) is 11.9. The van der Waals surface area contributed by atoms with Crippen LogP contribution in [0, 0.1) is 0 Å². The standard InChI is InChI=1S/C14H16ClN3O2/c1-2-7-18-8-6-17-13(14(18)19)20-12-5-3-4-11(15)10(12)9-16/h3-6,8H,2,7,9,16H2,1H3. The highest BCUT2D eigenvalue weighted by Crippen LogP contribution is 2.28. The van der Waals surface area contributed by atoms with Gasteiger partial charge in [-0.3, -0.25) is 4.79 Å². The van der Waals surface area contributed by atoms with Crippen molar-refractivity contribution in [3.8, 4) is 11.6 Å². The van der Waals surface area contributed by atoms with Gasteiger partial charge in [0.15, 0.2) is 0 Å². The topological polar surface area (TPSA) is 70.1 Å². The maximum Gasteiger partial charge on any atom is 0.313 e. The first-order valence-electron chi connectivity index (χ1n) is 6.38. The molecule has 1 aromatic carbocycles. The molecule has 0 bridgehead atoms. The fraction of sp³-hybridized carbons (Fsp3) is 0.286. The molecule has 5 nitrogen and oxygen atoms in total. The Balaban J connectivity index is 2.38. The zero-order chi connectivity index (χ0) is 14.5. The average Bonchev–Trinajstić information content (AvgIpc) is 2.44. The molecule has 0 atom stereocenters. The number of halogens is 1. The molecule has 20 heavy (non-hydrogen) atoms. The van der Waals surface area contributed by atoms with Gasteiger partial charge < -0.3 is 15.0 Å². The maximum absolute atomic E-state index is 12.2. The summed E-state index contributed by atoms with van der Waals surface area (Å²) in [5.74, 6) is 0.483. The molecule has 0 aliphatic carbocycles. The molecule has 1 heterocycles. The molecular weight excluding hydrogens is 278 g/mol. The number of rotatable bonds is 5. The Kier molecular flexibility index (Phi) is 4.76. The van der Waals surface area contributed by atoms with Crippen molar-refractivity contribution in [1.29, 1.82) is 0 Å². The molecule has 1 aromatic heterocycles. The first kappa shape index (κ1) is 14.6. The highest BCUT2D eigenvalue weighted by atomic mass is 35.5. The second kappa shape index (κ2) is 6.54. The van der Waals surface area contributed by atoms with E-state index in [4.69, 9.17) is 22.1 Å². The van der Waals surface area contributed by atoms with Crippen LogP contribution in [0.2, 0.25) is 5.02 Å². The number of hydrogen-bond donors (Lipinski definition) is 1. The second-order valence-electron chi connectivity index (χ2n) is 4.25. The van der Waals surface area contributed by atoms with Gasteiger partial charge in [-0.15, -0.1) is 0 Å². The minimum atomic E-state index is -0.266. The Morgan fingerprint density at radius 1 is 1.45 bits per heavy atom. The lowest BCUT2D eigenvalue weighted by Gasteiger charge is -2.11. The van der Waals surface area contributed by atoms with Gasteiger partial charge in [0.05, 0.1) is 0 Å². The Labute approximate surface area is 122 Å². The van der Waals surface area contributed by atoms with E-state index >= 15 is 0 Å². The Morgan fingerprint density at radius 2 is 2.25 bits per heavy atom. The van der Waals surface area contributed by atoms with Gasteiger partial charge in [0.25, 0.3) is 5.88 Å². The third-order valence-electron chi connectivity index (χ3n) is 2.83. The smallest absolute Gasteiger partial charge is 0.313 e. The molecule has 0 unspecified atom stereocenters. The van der Waals surface area contributed by atoms with Gasteiger partial charge in [0, 0.05) is 36.1 Å². The van der Waals surface area contributed by atoms with Crippen molar-refractivity contribution in [2.75, 3.05) is 0 Å². The summed E-state index contributed by atoms with van der Waals surface area (Å²) in [6.45, 7) is 2.85. The number of aromatic nitrogens is 2. The highest BCUT2D eigenvalue weighted by Gasteiger charge is 2.11. The summed E-state index contributed by atoms with van der Waals surface area (Å²) in [6, 6.07) is 5.18. The van der Waals surface area contributed by atoms with Crippen molar-refractivity contribution in [3.05, 3.63) is 51.5 Å². The first-order chi connectivity index (χ1) is 9.67. The molecule has 2 rings (SSSR count). The summed E-state index contributed by atoms with van der Waals surface area (Å²) < 4.78 is 7.15. The fourth-order valence-corrected chi connectivity index (χ4v) is 2.09. The van der Waals surface area contributed by atoms with Crippen LogP contribution in [0.1, 0.15) is 18.9 Å². The number of ether oxygens (including phenoxy) is 1. The summed E-state index contributed by atoms with van der Waals surface area (Å²) in [5, 5.41) is 0.509. The van der Waals surface area contributed by atoms with Crippen LogP contribution < -0.4 is 16.0 Å². The van der Waals surface area contributed by atoms with Crippen molar-refractivity contribution in [3.63, 3.8) is 0 Å². The van der Waals surface area contributed by atoms with E-state index in [1.807, 2.05) is 6.92 Å². The van der Waals surface area contributed by atoms with Gasteiger partial charge in [-0.25, -0.2) is 4.98 Å². The van der Waals surface area contributed by atoms with Gasteiger partial charge in [-0.2, -0.15) is 0 Å². The van der Waals surface area contributed by atoms with E-state index < -0.39 is 0 Å². The Bertz CT molecular complexity index is 655. The SMILES string of the molecule is CCCn1ccnc(Oc2cccc(Cl)c2CN)c1=O. The van der Waals surface area contributed by atoms with Gasteiger partial charge in [0.2, 0.25) is 0 Å². The maximum atomic E-state index is 12.2. The highest BCUT2D eigenvalue weighted by molar-refractivity contribution is 6.31. The molecule has 0 radical (unpaired) electrons. The van der Waals surface area contributed by atoms with Gasteiger partial charge in [-0.05, 0) is 18.6 Å². The molecule has 106 valence electrons. The number of hydrogen-bond acceptors (Lipinski definition) is 4. The van der Waals surface area contributed by atoms with E-state index in [2.05, 4.69) is 4.98 Å². The molecule has 2 N–H and O–H groups in total. The van der Waals surface area contributed by atoms with Crippen molar-refractivity contribution in [2.45, 2.75) is 26.4 Å². The van der Waals surface area contributed by atoms with Crippen LogP contribution >= 0.6 is 11.6 Å². The van der Waals surface area contributed by atoms with Crippen LogP contribution in [0.5, 0.6) is 11.6 Å². The minimum absolute atomic E-state index is 0.0258. The summed E-state index contributed by atoms with van der Waals surface area (Å²) in [5.41, 5.74) is 6.04. The normalized spacial score (nSPS) is 10.6. The lowest BCUT2D eigenvalue weighted by molar-refractivity contribution is 0.439. The molecule has 0 aliphatic heterocycles. The van der Waals surface area contributed by atoms with E-state index in [9.17, 15) is 4.79 Å². The van der Waals surface area contributed by atoms with Gasteiger partial charge >= 0.3 is 5.56 Å². The Hall–Kier alpha value is -1.85.